The second-order valence-electron chi connectivity index (χ2n) is 5.96. The molecule has 134 valence electrons. The van der Waals surface area contributed by atoms with E-state index in [0.717, 1.165) is 22.5 Å². The summed E-state index contributed by atoms with van der Waals surface area (Å²) in [7, 11) is 0. The average molecular weight is 388 g/mol. The number of tetrazole rings is 1. The number of nitrogens with zero attached hydrogens (tertiary/aromatic N) is 4. The lowest BCUT2D eigenvalue weighted by atomic mass is 10.1. The minimum atomic E-state index is -0.129. The number of halogens is 1. The molecule has 3 aromatic rings. The minimum Gasteiger partial charge on any atom is -0.325 e. The Morgan fingerprint density at radius 3 is 2.69 bits per heavy atom. The lowest BCUT2D eigenvalue weighted by Crippen LogP contribution is -2.15. The first-order valence-corrected chi connectivity index (χ1v) is 9.35. The Morgan fingerprint density at radius 2 is 1.96 bits per heavy atom. The van der Waals surface area contributed by atoms with Crippen molar-refractivity contribution < 1.29 is 4.79 Å². The number of thioether (sulfide) groups is 1. The van der Waals surface area contributed by atoms with Crippen molar-refractivity contribution in [2.24, 2.45) is 0 Å². The number of aryl methyl sites for hydroxylation is 3. The molecule has 0 aliphatic rings. The molecule has 1 N–H and O–H groups in total. The smallest absolute Gasteiger partial charge is 0.234 e. The van der Waals surface area contributed by atoms with E-state index in [1.165, 1.54) is 17.3 Å². The summed E-state index contributed by atoms with van der Waals surface area (Å²) in [6, 6.07) is 11.4. The molecule has 2 aromatic carbocycles. The summed E-state index contributed by atoms with van der Waals surface area (Å²) in [6.07, 6.45) is 0. The first-order valence-electron chi connectivity index (χ1n) is 7.99. The van der Waals surface area contributed by atoms with E-state index in [1.54, 1.807) is 16.8 Å². The van der Waals surface area contributed by atoms with Crippen molar-refractivity contribution >= 4 is 35.0 Å². The van der Waals surface area contributed by atoms with Gasteiger partial charge in [0.1, 0.15) is 0 Å². The summed E-state index contributed by atoms with van der Waals surface area (Å²) in [4.78, 5) is 12.3. The van der Waals surface area contributed by atoms with Crippen LogP contribution in [0.5, 0.6) is 0 Å². The fourth-order valence-electron chi connectivity index (χ4n) is 2.55. The van der Waals surface area contributed by atoms with Crippen molar-refractivity contribution in [2.45, 2.75) is 25.9 Å². The van der Waals surface area contributed by atoms with Gasteiger partial charge in [0.05, 0.1) is 11.4 Å². The maximum Gasteiger partial charge on any atom is 0.234 e. The van der Waals surface area contributed by atoms with Crippen LogP contribution in [-0.2, 0) is 4.79 Å². The van der Waals surface area contributed by atoms with Gasteiger partial charge in [-0.15, -0.1) is 5.10 Å². The molecule has 0 atom stereocenters. The Labute approximate surface area is 160 Å². The highest BCUT2D eigenvalue weighted by molar-refractivity contribution is 7.99. The number of carbonyl (C=O) groups is 1. The summed E-state index contributed by atoms with van der Waals surface area (Å²) >= 11 is 7.23. The van der Waals surface area contributed by atoms with E-state index in [1.807, 2.05) is 39.0 Å². The zero-order valence-electron chi connectivity index (χ0n) is 14.7. The zero-order chi connectivity index (χ0) is 18.7. The van der Waals surface area contributed by atoms with E-state index >= 15 is 0 Å². The molecule has 3 rings (SSSR count). The van der Waals surface area contributed by atoms with Crippen LogP contribution in [0.1, 0.15) is 16.7 Å². The molecule has 26 heavy (non-hydrogen) atoms. The van der Waals surface area contributed by atoms with Crippen LogP contribution in [0.4, 0.5) is 5.69 Å². The number of aromatic nitrogens is 4. The molecule has 0 saturated heterocycles. The molecule has 0 spiro atoms. The number of amides is 1. The lowest BCUT2D eigenvalue weighted by Gasteiger charge is -2.10. The Bertz CT molecular complexity index is 957. The lowest BCUT2D eigenvalue weighted by molar-refractivity contribution is -0.113. The molecule has 0 bridgehead atoms. The van der Waals surface area contributed by atoms with Crippen LogP contribution in [0.25, 0.3) is 5.69 Å². The molecule has 8 heteroatoms. The number of hydrogen-bond acceptors (Lipinski definition) is 5. The topological polar surface area (TPSA) is 72.7 Å². The van der Waals surface area contributed by atoms with Gasteiger partial charge in [-0.05, 0) is 66.6 Å². The highest BCUT2D eigenvalue weighted by Gasteiger charge is 2.13. The van der Waals surface area contributed by atoms with Crippen molar-refractivity contribution in [3.63, 3.8) is 0 Å². The number of anilines is 1. The average Bonchev–Trinajstić information content (AvgIpc) is 3.04. The van der Waals surface area contributed by atoms with Crippen molar-refractivity contribution in [1.29, 1.82) is 0 Å². The molecular formula is C18H18ClN5OS. The van der Waals surface area contributed by atoms with Gasteiger partial charge in [-0.3, -0.25) is 4.79 Å². The summed E-state index contributed by atoms with van der Waals surface area (Å²) in [6.45, 7) is 5.94. The molecule has 1 aromatic heterocycles. The molecule has 0 saturated carbocycles. The van der Waals surface area contributed by atoms with Crippen LogP contribution in [0.3, 0.4) is 0 Å². The van der Waals surface area contributed by atoms with Crippen LogP contribution in [-0.4, -0.2) is 31.9 Å². The van der Waals surface area contributed by atoms with Crippen LogP contribution in [0.15, 0.2) is 41.6 Å². The summed E-state index contributed by atoms with van der Waals surface area (Å²) in [5.41, 5.74) is 4.80. The van der Waals surface area contributed by atoms with Gasteiger partial charge in [-0.25, -0.2) is 0 Å². The number of carbonyl (C=O) groups excluding carboxylic acids is 1. The highest BCUT2D eigenvalue weighted by Crippen LogP contribution is 2.23. The number of rotatable bonds is 5. The van der Waals surface area contributed by atoms with Gasteiger partial charge in [0.15, 0.2) is 0 Å². The van der Waals surface area contributed by atoms with E-state index < -0.39 is 0 Å². The quantitative estimate of drug-likeness (QED) is 0.670. The Morgan fingerprint density at radius 1 is 1.15 bits per heavy atom. The van der Waals surface area contributed by atoms with Crippen LogP contribution in [0, 0.1) is 20.8 Å². The zero-order valence-corrected chi connectivity index (χ0v) is 16.2. The highest BCUT2D eigenvalue weighted by atomic mass is 35.5. The van der Waals surface area contributed by atoms with Gasteiger partial charge >= 0.3 is 0 Å². The maximum absolute atomic E-state index is 12.3. The van der Waals surface area contributed by atoms with Crippen molar-refractivity contribution in [3.05, 3.63) is 58.1 Å². The van der Waals surface area contributed by atoms with E-state index in [0.29, 0.717) is 10.2 Å². The number of hydrogen-bond donors (Lipinski definition) is 1. The standard InChI is InChI=1S/C18H18ClN5OS/c1-11-4-7-16(13(3)8-11)24-18(21-22-23-24)26-10-17(25)20-15-6-5-14(19)9-12(15)2/h4-9H,10H2,1-3H3,(H,20,25). The largest absolute Gasteiger partial charge is 0.325 e. The third kappa shape index (κ3) is 4.23. The predicted octanol–water partition coefficient (Wildman–Crippen LogP) is 3.97. The van der Waals surface area contributed by atoms with Crippen molar-refractivity contribution in [2.75, 3.05) is 11.1 Å². The Balaban J connectivity index is 1.69. The molecular weight excluding hydrogens is 370 g/mol. The number of benzene rings is 2. The summed E-state index contributed by atoms with van der Waals surface area (Å²) in [5, 5.41) is 15.9. The van der Waals surface area contributed by atoms with Crippen molar-refractivity contribution in [3.8, 4) is 5.69 Å². The SMILES string of the molecule is Cc1ccc(-n2nnnc2SCC(=O)Nc2ccc(Cl)cc2C)c(C)c1. The molecule has 1 heterocycles. The fraction of sp³-hybridized carbons (Fsp3) is 0.222. The normalized spacial score (nSPS) is 10.8. The van der Waals surface area contributed by atoms with Gasteiger partial charge in [-0.2, -0.15) is 4.68 Å². The van der Waals surface area contributed by atoms with E-state index in [4.69, 9.17) is 11.6 Å². The predicted molar refractivity (Wildman–Crippen MR) is 104 cm³/mol. The van der Waals surface area contributed by atoms with E-state index in [9.17, 15) is 4.79 Å². The number of nitrogens with one attached hydrogen (secondary N) is 1. The van der Waals surface area contributed by atoms with Gasteiger partial charge in [0.2, 0.25) is 11.1 Å². The maximum atomic E-state index is 12.3. The molecule has 6 nitrogen and oxygen atoms in total. The third-order valence-electron chi connectivity index (χ3n) is 3.82. The van der Waals surface area contributed by atoms with Crippen LogP contribution < -0.4 is 5.32 Å². The molecule has 0 unspecified atom stereocenters. The minimum absolute atomic E-state index is 0.129. The van der Waals surface area contributed by atoms with Crippen molar-refractivity contribution in [1.82, 2.24) is 20.2 Å². The first kappa shape index (κ1) is 18.4. The van der Waals surface area contributed by atoms with Gasteiger partial charge in [0.25, 0.3) is 0 Å². The summed E-state index contributed by atoms with van der Waals surface area (Å²) < 4.78 is 1.65. The van der Waals surface area contributed by atoms with Gasteiger partial charge in [-0.1, -0.05) is 41.1 Å². The van der Waals surface area contributed by atoms with Crippen LogP contribution in [0.2, 0.25) is 5.02 Å². The monoisotopic (exact) mass is 387 g/mol. The van der Waals surface area contributed by atoms with Crippen LogP contribution >= 0.6 is 23.4 Å². The molecule has 0 radical (unpaired) electrons. The van der Waals surface area contributed by atoms with Gasteiger partial charge < -0.3 is 5.32 Å². The third-order valence-corrected chi connectivity index (χ3v) is 4.97. The summed E-state index contributed by atoms with van der Waals surface area (Å²) in [5.74, 6) is 0.0727. The van der Waals surface area contributed by atoms with E-state index in [2.05, 4.69) is 26.9 Å². The molecule has 1 amide bonds. The first-order chi connectivity index (χ1) is 12.4. The second kappa shape index (κ2) is 7.88. The van der Waals surface area contributed by atoms with Gasteiger partial charge in [0, 0.05) is 10.7 Å². The van der Waals surface area contributed by atoms with E-state index in [-0.39, 0.29) is 11.7 Å². The molecule has 0 aliphatic heterocycles. The Hall–Kier alpha value is -2.38. The molecule has 0 aliphatic carbocycles. The molecule has 0 fully saturated rings. The Kier molecular flexibility index (Phi) is 5.58. The fourth-order valence-corrected chi connectivity index (χ4v) is 3.46. The second-order valence-corrected chi connectivity index (χ2v) is 7.34.